The molecule has 0 fully saturated rings. The van der Waals surface area contributed by atoms with E-state index in [0.29, 0.717) is 18.8 Å². The number of rotatable bonds is 6. The maximum atomic E-state index is 10.0. The molecule has 0 aliphatic carbocycles. The fourth-order valence-electron chi connectivity index (χ4n) is 1.89. The molecule has 0 saturated heterocycles. The molecule has 6 nitrogen and oxygen atoms in total. The zero-order valence-electron chi connectivity index (χ0n) is 10.8. The van der Waals surface area contributed by atoms with E-state index in [-0.39, 0.29) is 0 Å². The number of allylic oxidation sites excluding steroid dienone is 2. The van der Waals surface area contributed by atoms with Crippen LogP contribution in [-0.2, 0) is 13.0 Å². The van der Waals surface area contributed by atoms with E-state index in [1.165, 1.54) is 0 Å². The maximum absolute atomic E-state index is 10.0. The molecule has 0 radical (unpaired) electrons. The van der Waals surface area contributed by atoms with Crippen molar-refractivity contribution < 1.29 is 5.11 Å². The summed E-state index contributed by atoms with van der Waals surface area (Å²) >= 11 is 0. The van der Waals surface area contributed by atoms with Crippen LogP contribution in [0, 0.1) is 6.92 Å². The first-order valence-electron chi connectivity index (χ1n) is 6.06. The van der Waals surface area contributed by atoms with E-state index >= 15 is 0 Å². The van der Waals surface area contributed by atoms with Crippen LogP contribution in [0.15, 0.2) is 31.0 Å². The number of aromatic nitrogens is 5. The molecule has 2 N–H and O–H groups in total. The summed E-state index contributed by atoms with van der Waals surface area (Å²) in [7, 11) is 0. The highest BCUT2D eigenvalue weighted by atomic mass is 16.3. The Bertz CT molecular complexity index is 556. The molecule has 0 amide bonds. The van der Waals surface area contributed by atoms with Gasteiger partial charge >= 0.3 is 0 Å². The zero-order chi connectivity index (χ0) is 13.7. The number of aromatic amines is 1. The number of aliphatic hydroxyl groups is 1. The molecule has 0 bridgehead atoms. The molecule has 0 saturated carbocycles. The molecular weight excluding hydrogens is 242 g/mol. The Hall–Kier alpha value is -2.21. The van der Waals surface area contributed by atoms with E-state index < -0.39 is 6.10 Å². The number of tetrazole rings is 1. The van der Waals surface area contributed by atoms with Gasteiger partial charge in [0.2, 0.25) is 0 Å². The fourth-order valence-corrected chi connectivity index (χ4v) is 1.89. The highest BCUT2D eigenvalue weighted by molar-refractivity contribution is 5.53. The zero-order valence-corrected chi connectivity index (χ0v) is 10.8. The number of aliphatic hydroxyl groups excluding tert-OH is 1. The van der Waals surface area contributed by atoms with Gasteiger partial charge in [-0.1, -0.05) is 30.0 Å². The number of hydrogen-bond donors (Lipinski definition) is 2. The van der Waals surface area contributed by atoms with Crippen molar-refractivity contribution in [2.75, 3.05) is 0 Å². The van der Waals surface area contributed by atoms with Crippen molar-refractivity contribution in [3.63, 3.8) is 0 Å². The molecule has 0 spiro atoms. The molecule has 2 rings (SSSR count). The van der Waals surface area contributed by atoms with Crippen molar-refractivity contribution in [2.24, 2.45) is 0 Å². The average Bonchev–Trinajstić information content (AvgIpc) is 2.99. The number of nitrogens with one attached hydrogen (secondary N) is 1. The highest BCUT2D eigenvalue weighted by Crippen LogP contribution is 2.13. The maximum Gasteiger partial charge on any atom is 0.177 e. The van der Waals surface area contributed by atoms with Crippen molar-refractivity contribution in [1.82, 2.24) is 25.2 Å². The lowest BCUT2D eigenvalue weighted by molar-refractivity contribution is 0.151. The molecule has 6 heteroatoms. The lowest BCUT2D eigenvalue weighted by Crippen LogP contribution is -2.19. The Balaban J connectivity index is 2.00. The summed E-state index contributed by atoms with van der Waals surface area (Å²) in [5.41, 5.74) is 2.22. The summed E-state index contributed by atoms with van der Waals surface area (Å²) in [6.45, 7) is 6.17. The minimum absolute atomic E-state index is 0.381. The monoisotopic (exact) mass is 259 g/mol. The van der Waals surface area contributed by atoms with E-state index in [0.717, 1.165) is 11.3 Å². The average molecular weight is 259 g/mol. The van der Waals surface area contributed by atoms with E-state index in [1.54, 1.807) is 6.08 Å². The Morgan fingerprint density at radius 1 is 1.58 bits per heavy atom. The molecule has 0 aromatic carbocycles. The molecule has 100 valence electrons. The third-order valence-corrected chi connectivity index (χ3v) is 2.91. The first-order chi connectivity index (χ1) is 9.20. The largest absolute Gasteiger partial charge is 0.391 e. The van der Waals surface area contributed by atoms with Crippen LogP contribution in [0.25, 0.3) is 6.08 Å². The van der Waals surface area contributed by atoms with Gasteiger partial charge in [-0.25, -0.2) is 0 Å². The molecule has 0 aliphatic rings. The first-order valence-corrected chi connectivity index (χ1v) is 6.06. The van der Waals surface area contributed by atoms with Crippen LogP contribution in [0.1, 0.15) is 17.1 Å². The van der Waals surface area contributed by atoms with Crippen LogP contribution in [-0.4, -0.2) is 36.4 Å². The van der Waals surface area contributed by atoms with Gasteiger partial charge in [0, 0.05) is 24.9 Å². The summed E-state index contributed by atoms with van der Waals surface area (Å²) in [5.74, 6) is 0.518. The van der Waals surface area contributed by atoms with E-state index in [2.05, 4.69) is 27.2 Å². The third-order valence-electron chi connectivity index (χ3n) is 2.91. The van der Waals surface area contributed by atoms with Gasteiger partial charge in [-0.05, 0) is 18.6 Å². The van der Waals surface area contributed by atoms with Crippen LogP contribution in [0.4, 0.5) is 0 Å². The van der Waals surface area contributed by atoms with Crippen LogP contribution >= 0.6 is 0 Å². The third kappa shape index (κ3) is 3.38. The Morgan fingerprint density at radius 2 is 2.42 bits per heavy atom. The van der Waals surface area contributed by atoms with Crippen molar-refractivity contribution in [3.05, 3.63) is 48.1 Å². The predicted octanol–water partition coefficient (Wildman–Crippen LogP) is 1.11. The minimum Gasteiger partial charge on any atom is -0.391 e. The van der Waals surface area contributed by atoms with Crippen molar-refractivity contribution >= 4 is 6.08 Å². The molecule has 2 aromatic heterocycles. The van der Waals surface area contributed by atoms with Crippen LogP contribution in [0.3, 0.4) is 0 Å². The van der Waals surface area contributed by atoms with Crippen LogP contribution in [0.2, 0.25) is 0 Å². The van der Waals surface area contributed by atoms with Gasteiger partial charge in [-0.3, -0.25) is 0 Å². The fraction of sp³-hybridized carbons (Fsp3) is 0.308. The molecule has 1 atom stereocenters. The molecule has 1 unspecified atom stereocenters. The quantitative estimate of drug-likeness (QED) is 0.762. The van der Waals surface area contributed by atoms with Crippen LogP contribution in [0.5, 0.6) is 0 Å². The molecule has 19 heavy (non-hydrogen) atoms. The van der Waals surface area contributed by atoms with Crippen molar-refractivity contribution in [2.45, 2.75) is 26.0 Å². The molecule has 2 aromatic rings. The van der Waals surface area contributed by atoms with Gasteiger partial charge in [0.15, 0.2) is 5.82 Å². The van der Waals surface area contributed by atoms with Crippen molar-refractivity contribution in [1.29, 1.82) is 0 Å². The van der Waals surface area contributed by atoms with Gasteiger partial charge in [0.1, 0.15) is 0 Å². The van der Waals surface area contributed by atoms with Gasteiger partial charge in [0.25, 0.3) is 0 Å². The summed E-state index contributed by atoms with van der Waals surface area (Å²) in [5, 5.41) is 23.5. The topological polar surface area (TPSA) is 79.6 Å². The molecule has 2 heterocycles. The minimum atomic E-state index is -0.542. The Kier molecular flexibility index (Phi) is 4.25. The van der Waals surface area contributed by atoms with Gasteiger partial charge in [-0.2, -0.15) is 5.21 Å². The molecular formula is C13H17N5O. The summed E-state index contributed by atoms with van der Waals surface area (Å²) in [6.07, 6.45) is 7.41. The normalized spacial score (nSPS) is 12.9. The lowest BCUT2D eigenvalue weighted by Gasteiger charge is -2.11. The second-order valence-electron chi connectivity index (χ2n) is 4.29. The summed E-state index contributed by atoms with van der Waals surface area (Å²) < 4.78 is 2.01. The number of hydrogen-bond acceptors (Lipinski definition) is 4. The first kappa shape index (κ1) is 13.2. The van der Waals surface area contributed by atoms with E-state index in [4.69, 9.17) is 0 Å². The second-order valence-corrected chi connectivity index (χ2v) is 4.29. The second kappa shape index (κ2) is 6.10. The van der Waals surface area contributed by atoms with Gasteiger partial charge in [0.05, 0.1) is 6.10 Å². The smallest absolute Gasteiger partial charge is 0.177 e. The molecule has 0 aliphatic heterocycles. The van der Waals surface area contributed by atoms with Gasteiger partial charge < -0.3 is 9.67 Å². The van der Waals surface area contributed by atoms with E-state index in [1.807, 2.05) is 35.9 Å². The van der Waals surface area contributed by atoms with Gasteiger partial charge in [-0.15, -0.1) is 10.2 Å². The summed E-state index contributed by atoms with van der Waals surface area (Å²) in [6, 6.07) is 2.01. The standard InChI is InChI=1S/C13H17N5O/c1-3-4-5-11-6-7-18(10(11)2)9-12(19)8-13-14-16-17-15-13/h3-7,12,19H,1,8-9H2,2H3,(H,14,15,16,17)/b5-4-. The Labute approximate surface area is 111 Å². The van der Waals surface area contributed by atoms with Crippen LogP contribution < -0.4 is 0 Å². The summed E-state index contributed by atoms with van der Waals surface area (Å²) in [4.78, 5) is 0. The SMILES string of the molecule is C=C/C=C\c1ccn(CC(O)Cc2nn[nH]n2)c1C. The highest BCUT2D eigenvalue weighted by Gasteiger charge is 2.11. The lowest BCUT2D eigenvalue weighted by atomic mass is 10.2. The number of H-pyrrole nitrogens is 1. The van der Waals surface area contributed by atoms with E-state index in [9.17, 15) is 5.11 Å². The van der Waals surface area contributed by atoms with Crippen molar-refractivity contribution in [3.8, 4) is 0 Å². The predicted molar refractivity (Wildman–Crippen MR) is 72.3 cm³/mol. The number of nitrogens with zero attached hydrogens (tertiary/aromatic N) is 4. The Morgan fingerprint density at radius 3 is 3.11 bits per heavy atom.